The number of thiazole rings is 2. The fraction of sp³-hybridized carbons (Fsp3) is 0.452. The highest BCUT2D eigenvalue weighted by Crippen LogP contribution is 2.41. The van der Waals surface area contributed by atoms with Crippen molar-refractivity contribution in [1.29, 1.82) is 0 Å². The van der Waals surface area contributed by atoms with E-state index in [9.17, 15) is 38.2 Å². The highest BCUT2D eigenvalue weighted by atomic mass is 32.1. The number of aromatic nitrogens is 2. The number of halogens is 2. The molecule has 2 saturated heterocycles. The van der Waals surface area contributed by atoms with E-state index < -0.39 is 35.5 Å². The molecule has 0 saturated carbocycles. The van der Waals surface area contributed by atoms with Gasteiger partial charge in [-0.05, 0) is 143 Å². The van der Waals surface area contributed by atoms with Gasteiger partial charge in [0.2, 0.25) is 0 Å². The second-order valence-corrected chi connectivity index (χ2v) is 32.2. The van der Waals surface area contributed by atoms with Gasteiger partial charge in [0.25, 0.3) is 23.6 Å². The summed E-state index contributed by atoms with van der Waals surface area (Å²) < 4.78 is 51.3. The first kappa shape index (κ1) is 80.3. The highest BCUT2D eigenvalue weighted by molar-refractivity contribution is 7.14. The number of piperazine rings is 2. The van der Waals surface area contributed by atoms with Crippen molar-refractivity contribution in [1.82, 2.24) is 29.6 Å². The minimum Gasteiger partial charge on any atom is -0.508 e. The van der Waals surface area contributed by atoms with Crippen LogP contribution in [-0.4, -0.2) is 182 Å². The third-order valence-corrected chi connectivity index (χ3v) is 21.5. The zero-order valence-electron chi connectivity index (χ0n) is 63.1. The van der Waals surface area contributed by atoms with Gasteiger partial charge >= 0.3 is 0 Å². The smallest absolute Gasteiger partial charge is 0.255 e. The van der Waals surface area contributed by atoms with E-state index in [0.717, 1.165) is 135 Å². The van der Waals surface area contributed by atoms with Crippen LogP contribution >= 0.6 is 22.7 Å². The molecule has 2 atom stereocenters. The molecule has 2 fully saturated rings. The third kappa shape index (κ3) is 22.7. The zero-order chi connectivity index (χ0) is 76.2. The molecule has 6 aromatic carbocycles. The second kappa shape index (κ2) is 38.6. The number of carbonyl (C=O) groups excluding carboxylic acids is 4. The quantitative estimate of drug-likeness (QED) is 0.0276. The lowest BCUT2D eigenvalue weighted by Crippen LogP contribution is -2.47. The summed E-state index contributed by atoms with van der Waals surface area (Å²) in [6.07, 6.45) is 13.5. The standard InChI is InChI=1S/C43H54FN5O7S.C41H50FN5O3S/c1-43(2,3)12-19-53-21-23-55-25-26-56-24-22-54-20-18-47-14-16-48(17-15-47)35-9-6-31(7-10-35)32-4-5-33-30-49(41(52)36(33)28-32)39(37-29-34(44)8-11-38(37)50)40(51)46-42-45-13-27-57-42;1-41(2,3)18-8-6-4-5-7-9-20-45-21-23-46(24-22-45)33-15-12-29(13-16-33)30-10-11-31-28-47(39(50)34(31)26-30)37(35-27-32(42)14-17-36(35)48)38(49)44-40-43-19-25-51-40/h4-11,13,27-29,39,50H,12,14-26,30H2,1-3H3,(H,45,46,51);10-17,19,25-27,37,48H,4-9,18,20-24,28H2,1-3H3,(H,43,44,49). The van der Waals surface area contributed by atoms with E-state index in [1.165, 1.54) is 102 Å². The number of unbranched alkanes of at least 4 members (excludes halogenated alkanes) is 5. The first-order valence-corrected chi connectivity index (χ1v) is 39.6. The molecule has 0 spiro atoms. The van der Waals surface area contributed by atoms with Gasteiger partial charge in [-0.1, -0.05) is 122 Å². The number of aromatic hydroxyl groups is 2. The topological polar surface area (TPSA) is 215 Å². The number of anilines is 4. The van der Waals surface area contributed by atoms with E-state index in [-0.39, 0.29) is 52.9 Å². The van der Waals surface area contributed by atoms with Crippen LogP contribution in [0.3, 0.4) is 0 Å². The Labute approximate surface area is 642 Å². The van der Waals surface area contributed by atoms with Crippen LogP contribution in [0.2, 0.25) is 0 Å². The van der Waals surface area contributed by atoms with Crippen LogP contribution in [0.15, 0.2) is 144 Å². The van der Waals surface area contributed by atoms with Crippen LogP contribution in [0.5, 0.6) is 11.5 Å². The zero-order valence-corrected chi connectivity index (χ0v) is 64.8. The van der Waals surface area contributed by atoms with Crippen LogP contribution in [0.25, 0.3) is 22.3 Å². The van der Waals surface area contributed by atoms with Crippen molar-refractivity contribution < 1.29 is 57.1 Å². The summed E-state index contributed by atoms with van der Waals surface area (Å²) >= 11 is 2.45. The number of nitrogens with one attached hydrogen (secondary N) is 2. The largest absolute Gasteiger partial charge is 0.508 e. The molecule has 4 amide bonds. The maximum Gasteiger partial charge on any atom is 0.255 e. The predicted molar refractivity (Wildman–Crippen MR) is 423 cm³/mol. The number of carbonyl (C=O) groups is 4. The molecule has 12 rings (SSSR count). The number of ether oxygens (including phenoxy) is 4. The van der Waals surface area contributed by atoms with Crippen molar-refractivity contribution in [3.63, 3.8) is 0 Å². The molecule has 0 bridgehead atoms. The predicted octanol–water partition coefficient (Wildman–Crippen LogP) is 15.5. The fourth-order valence-electron chi connectivity index (χ4n) is 14.0. The van der Waals surface area contributed by atoms with Crippen molar-refractivity contribution in [2.45, 2.75) is 118 Å². The molecular weight excluding hydrogens is 1410 g/mol. The van der Waals surface area contributed by atoms with E-state index in [4.69, 9.17) is 18.9 Å². The van der Waals surface area contributed by atoms with Crippen molar-refractivity contribution >= 4 is 67.9 Å². The first-order valence-electron chi connectivity index (χ1n) is 37.8. The first-order chi connectivity index (χ1) is 52.1. The van der Waals surface area contributed by atoms with Crippen molar-refractivity contribution in [2.75, 3.05) is 139 Å². The molecule has 20 nitrogen and oxygen atoms in total. The van der Waals surface area contributed by atoms with E-state index in [1.54, 1.807) is 23.2 Å². The van der Waals surface area contributed by atoms with Crippen LogP contribution in [0.1, 0.15) is 148 Å². The molecule has 6 heterocycles. The van der Waals surface area contributed by atoms with Crippen molar-refractivity contribution in [3.8, 4) is 33.8 Å². The number of amides is 4. The Bertz CT molecular complexity index is 4220. The molecule has 4 aliphatic heterocycles. The minimum atomic E-state index is -1.28. The van der Waals surface area contributed by atoms with Gasteiger partial charge in [-0.25, -0.2) is 18.7 Å². The maximum absolute atomic E-state index is 14.4. The monoisotopic (exact) mass is 1510 g/mol. The molecule has 108 heavy (non-hydrogen) atoms. The third-order valence-electron chi connectivity index (χ3n) is 20.1. The number of benzene rings is 6. The van der Waals surface area contributed by atoms with Gasteiger partial charge in [-0.3, -0.25) is 39.6 Å². The maximum atomic E-state index is 14.4. The average molecular weight is 1520 g/mol. The Kier molecular flexibility index (Phi) is 28.7. The van der Waals surface area contributed by atoms with Crippen LogP contribution < -0.4 is 20.4 Å². The normalized spacial score (nSPS) is 15.4. The van der Waals surface area contributed by atoms with Gasteiger partial charge < -0.3 is 48.8 Å². The molecular formula is C84H104F2N10O10S2. The molecule has 0 aliphatic carbocycles. The summed E-state index contributed by atoms with van der Waals surface area (Å²) in [6, 6.07) is 32.5. The van der Waals surface area contributed by atoms with Crippen molar-refractivity contribution in [2.24, 2.45) is 10.8 Å². The van der Waals surface area contributed by atoms with E-state index in [0.29, 0.717) is 73.1 Å². The molecule has 2 unspecified atom stereocenters. The molecule has 4 aliphatic rings. The number of hydrogen-bond acceptors (Lipinski definition) is 18. The number of fused-ring (bicyclic) bond motifs is 2. The van der Waals surface area contributed by atoms with E-state index in [1.807, 2.05) is 36.4 Å². The molecule has 0 radical (unpaired) electrons. The minimum absolute atomic E-state index is 0.00190. The number of phenolic OH excluding ortho intramolecular Hbond substituents is 2. The Balaban J connectivity index is 0.000000216. The summed E-state index contributed by atoms with van der Waals surface area (Å²) in [6.45, 7) is 28.6. The molecule has 2 aromatic heterocycles. The van der Waals surface area contributed by atoms with Crippen LogP contribution in [0.4, 0.5) is 30.4 Å². The van der Waals surface area contributed by atoms with E-state index >= 15 is 0 Å². The summed E-state index contributed by atoms with van der Waals surface area (Å²) in [5.41, 5.74) is 9.23. The summed E-state index contributed by atoms with van der Waals surface area (Å²) in [4.78, 5) is 75.8. The number of nitrogens with zero attached hydrogens (tertiary/aromatic N) is 8. The van der Waals surface area contributed by atoms with Crippen molar-refractivity contribution in [3.05, 3.63) is 189 Å². The van der Waals surface area contributed by atoms with Gasteiger partial charge in [0.05, 0.1) is 46.2 Å². The second-order valence-electron chi connectivity index (χ2n) is 30.4. The van der Waals surface area contributed by atoms with Gasteiger partial charge in [0, 0.05) is 135 Å². The Morgan fingerprint density at radius 1 is 0.463 bits per heavy atom. The number of phenols is 2. The Morgan fingerprint density at radius 3 is 1.27 bits per heavy atom. The summed E-state index contributed by atoms with van der Waals surface area (Å²) in [5, 5.41) is 30.9. The summed E-state index contributed by atoms with van der Waals surface area (Å²) in [5.74, 6) is -3.72. The Morgan fingerprint density at radius 2 is 0.852 bits per heavy atom. The average Bonchev–Trinajstić information content (AvgIpc) is 1.62. The van der Waals surface area contributed by atoms with Gasteiger partial charge in [0.15, 0.2) is 10.3 Å². The fourth-order valence-corrected chi connectivity index (χ4v) is 15.0. The van der Waals surface area contributed by atoms with Gasteiger partial charge in [-0.15, -0.1) is 22.7 Å². The van der Waals surface area contributed by atoms with Gasteiger partial charge in [-0.2, -0.15) is 0 Å². The van der Waals surface area contributed by atoms with Gasteiger partial charge in [0.1, 0.15) is 35.2 Å². The van der Waals surface area contributed by atoms with E-state index in [2.05, 4.69) is 130 Å². The molecule has 576 valence electrons. The lowest BCUT2D eigenvalue weighted by molar-refractivity contribution is -0.121. The SMILES string of the molecule is CC(C)(C)CCCCCCCCN1CCN(c2ccc(-c3ccc4c(c3)C(=O)N(C(C(=O)Nc3nccs3)c3cc(F)ccc3O)C4)cc2)CC1.CC(C)(C)CCOCCOCCOCCOCCN1CCN(c2ccc(-c3ccc4c(c3)C(=O)N(C(C(=O)Nc3nccs3)c3cc(F)ccc3O)C4)cc2)CC1. The molecule has 24 heteroatoms. The number of rotatable bonds is 34. The molecule has 4 N–H and O–H groups in total. The Hall–Kier alpha value is -8.72. The van der Waals surface area contributed by atoms with Crippen LogP contribution in [0, 0.1) is 22.5 Å². The lowest BCUT2D eigenvalue weighted by atomic mass is 9.89. The number of hydrogen-bond donors (Lipinski definition) is 4. The highest BCUT2D eigenvalue weighted by Gasteiger charge is 2.41. The summed E-state index contributed by atoms with van der Waals surface area (Å²) in [7, 11) is 0. The molecule has 8 aromatic rings. The lowest BCUT2D eigenvalue weighted by Gasteiger charge is -2.36. The van der Waals surface area contributed by atoms with Crippen LogP contribution in [-0.2, 0) is 41.6 Å².